The summed E-state index contributed by atoms with van der Waals surface area (Å²) in [6, 6.07) is 2.22. The number of phenolic OH excluding ortho intramolecular Hbond substituents is 1. The van der Waals surface area contributed by atoms with Crippen molar-refractivity contribution in [3.63, 3.8) is 0 Å². The van der Waals surface area contributed by atoms with Crippen LogP contribution in [-0.2, 0) is 30.4 Å². The van der Waals surface area contributed by atoms with Crippen molar-refractivity contribution in [2.24, 2.45) is 23.3 Å². The molecule has 0 saturated heterocycles. The van der Waals surface area contributed by atoms with Crippen molar-refractivity contribution in [1.29, 1.82) is 0 Å². The van der Waals surface area contributed by atoms with Gasteiger partial charge in [0.25, 0.3) is 0 Å². The number of phenols is 1. The maximum absolute atomic E-state index is 13.5. The molecule has 0 unspecified atom stereocenters. The van der Waals surface area contributed by atoms with Gasteiger partial charge in [0.05, 0.1) is 0 Å². The Balaban J connectivity index is 3.19. The number of unbranched alkanes of at least 4 members (excludes halogenated alkanes) is 1. The quantitative estimate of drug-likeness (QED) is 0.131. The first-order valence-electron chi connectivity index (χ1n) is 13.8. The number of amides is 5. The summed E-state index contributed by atoms with van der Waals surface area (Å²) < 4.78 is 0. The molecule has 0 aliphatic heterocycles. The number of aromatic hydroxyl groups is 1. The molecule has 1 aromatic rings. The van der Waals surface area contributed by atoms with E-state index in [1.807, 2.05) is 13.8 Å². The van der Waals surface area contributed by atoms with Crippen LogP contribution in [0.25, 0.3) is 0 Å². The van der Waals surface area contributed by atoms with E-state index in [2.05, 4.69) is 21.3 Å². The normalized spacial score (nSPS) is 14.8. The molecule has 1 aromatic carbocycles. The molecule has 9 N–H and O–H groups in total. The maximum atomic E-state index is 13.5. The van der Waals surface area contributed by atoms with Crippen molar-refractivity contribution in [3.8, 4) is 5.75 Å². The molecule has 0 saturated carbocycles. The molecule has 0 fully saturated rings. The smallest absolute Gasteiger partial charge is 0.243 e. The van der Waals surface area contributed by atoms with Crippen molar-refractivity contribution < 1.29 is 29.1 Å². The number of nitrogens with two attached hydrogens (primary N) is 2. The molecule has 5 amide bonds. The van der Waals surface area contributed by atoms with Gasteiger partial charge in [-0.3, -0.25) is 24.0 Å². The first-order chi connectivity index (χ1) is 18.8. The predicted octanol–water partition coefficient (Wildman–Crippen LogP) is 0.210. The molecule has 0 radical (unpaired) electrons. The Hall–Kier alpha value is -3.67. The van der Waals surface area contributed by atoms with Crippen LogP contribution in [-0.4, -0.2) is 65.4 Å². The molecule has 40 heavy (non-hydrogen) atoms. The number of hydrogen-bond acceptors (Lipinski definition) is 7. The first kappa shape index (κ1) is 34.4. The Kier molecular flexibility index (Phi) is 14.7. The number of rotatable bonds is 17. The lowest BCUT2D eigenvalue weighted by atomic mass is 9.96. The fourth-order valence-electron chi connectivity index (χ4n) is 4.09. The van der Waals surface area contributed by atoms with E-state index < -0.39 is 47.8 Å². The zero-order valence-electron chi connectivity index (χ0n) is 24.2. The third kappa shape index (κ3) is 11.6. The summed E-state index contributed by atoms with van der Waals surface area (Å²) in [7, 11) is 0. The summed E-state index contributed by atoms with van der Waals surface area (Å²) in [5, 5.41) is 20.3. The van der Waals surface area contributed by atoms with Gasteiger partial charge in [0.15, 0.2) is 0 Å². The third-order valence-corrected chi connectivity index (χ3v) is 6.72. The van der Waals surface area contributed by atoms with E-state index in [0.717, 1.165) is 0 Å². The Morgan fingerprint density at radius 3 is 1.90 bits per heavy atom. The third-order valence-electron chi connectivity index (χ3n) is 6.72. The standard InChI is InChI=1S/C28H46N6O6/c1-6-17(4)24(31-18(5)35)28(40)34-23(16(2)3)27(39)33-22(15-19-10-12-20(36)13-11-19)26(38)32-21(25(30)37)9-7-8-14-29/h10-13,16-17,21-24,36H,6-9,14-15,29H2,1-5H3,(H2,30,37)(H,31,35)(H,32,38)(H,33,39)(H,34,40)/t17-,21-,22-,23-,24-/m0/s1. The van der Waals surface area contributed by atoms with Crippen LogP contribution < -0.4 is 32.7 Å². The van der Waals surface area contributed by atoms with E-state index in [-0.39, 0.29) is 29.9 Å². The van der Waals surface area contributed by atoms with Crippen LogP contribution in [0.5, 0.6) is 5.75 Å². The van der Waals surface area contributed by atoms with Crippen LogP contribution in [0.1, 0.15) is 65.9 Å². The Bertz CT molecular complexity index is 1000. The van der Waals surface area contributed by atoms with Crippen molar-refractivity contribution in [2.75, 3.05) is 6.54 Å². The van der Waals surface area contributed by atoms with Crippen molar-refractivity contribution in [3.05, 3.63) is 29.8 Å². The highest BCUT2D eigenvalue weighted by atomic mass is 16.3. The van der Waals surface area contributed by atoms with Gasteiger partial charge < -0.3 is 37.8 Å². The number of benzene rings is 1. The summed E-state index contributed by atoms with van der Waals surface area (Å²) in [6.45, 7) is 8.96. The second-order valence-electron chi connectivity index (χ2n) is 10.5. The van der Waals surface area contributed by atoms with E-state index in [9.17, 15) is 29.1 Å². The monoisotopic (exact) mass is 562 g/mol. The second-order valence-corrected chi connectivity index (χ2v) is 10.5. The molecular formula is C28H46N6O6. The summed E-state index contributed by atoms with van der Waals surface area (Å²) in [5.74, 6) is -3.31. The molecule has 0 aliphatic rings. The number of carbonyl (C=O) groups is 5. The summed E-state index contributed by atoms with van der Waals surface area (Å²) in [4.78, 5) is 63.6. The summed E-state index contributed by atoms with van der Waals surface area (Å²) in [6.07, 6.45) is 2.19. The van der Waals surface area contributed by atoms with Crippen LogP contribution in [0.3, 0.4) is 0 Å². The minimum absolute atomic E-state index is 0.0418. The van der Waals surface area contributed by atoms with Gasteiger partial charge >= 0.3 is 0 Å². The van der Waals surface area contributed by atoms with Crippen LogP contribution in [0.2, 0.25) is 0 Å². The molecular weight excluding hydrogens is 516 g/mol. The predicted molar refractivity (Wildman–Crippen MR) is 152 cm³/mol. The van der Waals surface area contributed by atoms with Crippen molar-refractivity contribution in [1.82, 2.24) is 21.3 Å². The maximum Gasteiger partial charge on any atom is 0.243 e. The zero-order valence-corrected chi connectivity index (χ0v) is 24.2. The lowest BCUT2D eigenvalue weighted by Gasteiger charge is -2.29. The van der Waals surface area contributed by atoms with Crippen molar-refractivity contribution >= 4 is 29.5 Å². The highest BCUT2D eigenvalue weighted by Gasteiger charge is 2.33. The highest BCUT2D eigenvalue weighted by Crippen LogP contribution is 2.14. The average molecular weight is 563 g/mol. The van der Waals surface area contributed by atoms with E-state index in [4.69, 9.17) is 11.5 Å². The number of hydrogen-bond donors (Lipinski definition) is 7. The largest absolute Gasteiger partial charge is 0.508 e. The van der Waals surface area contributed by atoms with Crippen molar-refractivity contribution in [2.45, 2.75) is 90.9 Å². The van der Waals surface area contributed by atoms with Gasteiger partial charge in [0.2, 0.25) is 29.5 Å². The molecule has 12 heteroatoms. The lowest BCUT2D eigenvalue weighted by Crippen LogP contribution is -2.60. The Morgan fingerprint density at radius 1 is 0.825 bits per heavy atom. The van der Waals surface area contributed by atoms with Crippen LogP contribution >= 0.6 is 0 Å². The fourth-order valence-corrected chi connectivity index (χ4v) is 4.09. The summed E-state index contributed by atoms with van der Waals surface area (Å²) in [5.41, 5.74) is 11.7. The van der Waals surface area contributed by atoms with Gasteiger partial charge in [-0.05, 0) is 55.3 Å². The van der Waals surface area contributed by atoms with E-state index in [1.165, 1.54) is 19.1 Å². The van der Waals surface area contributed by atoms with E-state index >= 15 is 0 Å². The average Bonchev–Trinajstić information content (AvgIpc) is 2.89. The topological polar surface area (TPSA) is 206 Å². The second kappa shape index (κ2) is 17.1. The number of carbonyl (C=O) groups excluding carboxylic acids is 5. The minimum Gasteiger partial charge on any atom is -0.508 e. The van der Waals surface area contributed by atoms with Gasteiger partial charge in [-0.25, -0.2) is 0 Å². The number of nitrogens with one attached hydrogen (secondary N) is 4. The van der Waals surface area contributed by atoms with Gasteiger partial charge in [-0.2, -0.15) is 0 Å². The van der Waals surface area contributed by atoms with Gasteiger partial charge in [-0.1, -0.05) is 46.2 Å². The molecule has 1 rings (SSSR count). The van der Waals surface area contributed by atoms with Crippen LogP contribution in [0.15, 0.2) is 24.3 Å². The molecule has 0 spiro atoms. The van der Waals surface area contributed by atoms with Crippen LogP contribution in [0.4, 0.5) is 0 Å². The Labute approximate surface area is 236 Å². The molecule has 0 heterocycles. The number of primary amides is 1. The lowest BCUT2D eigenvalue weighted by molar-refractivity contribution is -0.135. The highest BCUT2D eigenvalue weighted by molar-refractivity contribution is 5.95. The van der Waals surface area contributed by atoms with Crippen LogP contribution in [0, 0.1) is 11.8 Å². The molecule has 0 aliphatic carbocycles. The van der Waals surface area contributed by atoms with E-state index in [0.29, 0.717) is 37.8 Å². The van der Waals surface area contributed by atoms with Gasteiger partial charge in [-0.15, -0.1) is 0 Å². The SMILES string of the molecule is CC[C@H](C)[C@H](NC(C)=O)C(=O)N[C@H](C(=O)N[C@@H](Cc1ccc(O)cc1)C(=O)N[C@@H](CCCCN)C(N)=O)C(C)C. The van der Waals surface area contributed by atoms with Gasteiger partial charge in [0, 0.05) is 13.3 Å². The molecule has 0 aromatic heterocycles. The molecule has 224 valence electrons. The summed E-state index contributed by atoms with van der Waals surface area (Å²) >= 11 is 0. The first-order valence-corrected chi connectivity index (χ1v) is 13.8. The zero-order chi connectivity index (χ0) is 30.4. The molecule has 0 bridgehead atoms. The van der Waals surface area contributed by atoms with E-state index in [1.54, 1.807) is 26.0 Å². The van der Waals surface area contributed by atoms with Gasteiger partial charge in [0.1, 0.15) is 29.9 Å². The fraction of sp³-hybridized carbons (Fsp3) is 0.607. The molecule has 12 nitrogen and oxygen atoms in total. The molecule has 5 atom stereocenters. The minimum atomic E-state index is -1.12. The Morgan fingerprint density at radius 2 is 1.40 bits per heavy atom.